The molecule has 1 aromatic carbocycles. The molecule has 0 atom stereocenters. The highest BCUT2D eigenvalue weighted by Crippen LogP contribution is 2.36. The zero-order valence-corrected chi connectivity index (χ0v) is 13.4. The first-order valence-corrected chi connectivity index (χ1v) is 6.94. The smallest absolute Gasteiger partial charge is 0.322 e. The van der Waals surface area contributed by atoms with Crippen molar-refractivity contribution in [2.24, 2.45) is 0 Å². The molecule has 0 aliphatic carbocycles. The third-order valence-electron chi connectivity index (χ3n) is 2.21. The van der Waals surface area contributed by atoms with E-state index in [-0.39, 0.29) is 17.4 Å². The second-order valence-corrected chi connectivity index (χ2v) is 5.78. The number of hydrogen-bond donors (Lipinski definition) is 0. The predicted octanol–water partition coefficient (Wildman–Crippen LogP) is 3.85. The number of nitrogens with zero attached hydrogens (tertiary/aromatic N) is 3. The molecule has 0 amide bonds. The van der Waals surface area contributed by atoms with E-state index in [0.717, 1.165) is 3.57 Å². The molecule has 2 rings (SSSR count). The molecule has 98 valence electrons. The molecule has 0 unspecified atom stereocenters. The Morgan fingerprint density at radius 3 is 2.58 bits per heavy atom. The maximum atomic E-state index is 11.0. The van der Waals surface area contributed by atoms with Crippen molar-refractivity contribution in [2.75, 3.05) is 0 Å². The molecule has 0 aliphatic rings. The summed E-state index contributed by atoms with van der Waals surface area (Å²) in [4.78, 5) is 18.5. The van der Waals surface area contributed by atoms with E-state index in [1.807, 2.05) is 0 Å². The molecule has 0 radical (unpaired) electrons. The normalized spacial score (nSPS) is 10.3. The molecular weight excluding hydrogens is 429 g/mol. The summed E-state index contributed by atoms with van der Waals surface area (Å²) in [6.07, 6.45) is 3.14. The van der Waals surface area contributed by atoms with Gasteiger partial charge in [-0.05, 0) is 35.6 Å². The summed E-state index contributed by atoms with van der Waals surface area (Å²) >= 11 is 5.28. The highest BCUT2D eigenvalue weighted by Gasteiger charge is 2.20. The van der Waals surface area contributed by atoms with E-state index in [1.165, 1.54) is 6.07 Å². The molecule has 6 nitrogen and oxygen atoms in total. The van der Waals surface area contributed by atoms with E-state index >= 15 is 0 Å². The summed E-state index contributed by atoms with van der Waals surface area (Å²) in [6, 6.07) is 3.19. The number of nitro benzene ring substituents is 1. The zero-order chi connectivity index (χ0) is 14.0. The van der Waals surface area contributed by atoms with Crippen LogP contribution in [-0.4, -0.2) is 14.9 Å². The standard InChI is InChI=1S/C11H7BrIN3O3/c1-6-2-7(12)3-9(16(17)18)10(6)19-11-14-4-8(13)5-15-11/h2-5H,1H3. The summed E-state index contributed by atoms with van der Waals surface area (Å²) < 4.78 is 6.90. The van der Waals surface area contributed by atoms with Gasteiger partial charge in [0.25, 0.3) is 0 Å². The van der Waals surface area contributed by atoms with Gasteiger partial charge >= 0.3 is 11.7 Å². The van der Waals surface area contributed by atoms with Gasteiger partial charge in [0.15, 0.2) is 0 Å². The summed E-state index contributed by atoms with van der Waals surface area (Å²) in [5.41, 5.74) is 0.497. The molecule has 0 aliphatic heterocycles. The molecule has 0 bridgehead atoms. The molecule has 19 heavy (non-hydrogen) atoms. The molecule has 2 aromatic rings. The first kappa shape index (κ1) is 14.1. The maximum Gasteiger partial charge on any atom is 0.322 e. The van der Waals surface area contributed by atoms with E-state index in [9.17, 15) is 10.1 Å². The van der Waals surface area contributed by atoms with Crippen LogP contribution in [0.3, 0.4) is 0 Å². The fourth-order valence-electron chi connectivity index (χ4n) is 1.43. The summed E-state index contributed by atoms with van der Waals surface area (Å²) in [7, 11) is 0. The highest BCUT2D eigenvalue weighted by atomic mass is 127. The number of rotatable bonds is 3. The average Bonchev–Trinajstić information content (AvgIpc) is 2.34. The van der Waals surface area contributed by atoms with Crippen LogP contribution in [0.1, 0.15) is 5.56 Å². The van der Waals surface area contributed by atoms with Crippen LogP contribution in [-0.2, 0) is 0 Å². The number of benzene rings is 1. The van der Waals surface area contributed by atoms with E-state index in [2.05, 4.69) is 48.5 Å². The molecule has 0 saturated heterocycles. The van der Waals surface area contributed by atoms with Crippen molar-refractivity contribution in [2.45, 2.75) is 6.92 Å². The van der Waals surface area contributed by atoms with Gasteiger partial charge < -0.3 is 4.74 Å². The van der Waals surface area contributed by atoms with Crippen molar-refractivity contribution < 1.29 is 9.66 Å². The van der Waals surface area contributed by atoms with E-state index in [1.54, 1.807) is 25.4 Å². The van der Waals surface area contributed by atoms with Crippen LogP contribution in [0.2, 0.25) is 0 Å². The molecule has 1 aromatic heterocycles. The minimum Gasteiger partial charge on any atom is -0.417 e. The largest absolute Gasteiger partial charge is 0.417 e. The van der Waals surface area contributed by atoms with Crippen LogP contribution < -0.4 is 4.74 Å². The van der Waals surface area contributed by atoms with Gasteiger partial charge in [-0.2, -0.15) is 0 Å². The van der Waals surface area contributed by atoms with E-state index in [0.29, 0.717) is 10.0 Å². The summed E-state index contributed by atoms with van der Waals surface area (Å²) in [5.74, 6) is 0.148. The van der Waals surface area contributed by atoms with Gasteiger partial charge in [0.1, 0.15) is 0 Å². The lowest BCUT2D eigenvalue weighted by molar-refractivity contribution is -0.385. The summed E-state index contributed by atoms with van der Waals surface area (Å²) in [6.45, 7) is 1.72. The molecule has 0 saturated carbocycles. The average molecular weight is 436 g/mol. The van der Waals surface area contributed by atoms with Gasteiger partial charge in [-0.25, -0.2) is 9.97 Å². The number of aromatic nitrogens is 2. The first-order valence-electron chi connectivity index (χ1n) is 5.07. The number of halogens is 2. The Hall–Kier alpha value is -1.29. The fraction of sp³-hybridized carbons (Fsp3) is 0.0909. The van der Waals surface area contributed by atoms with Crippen LogP contribution in [0.25, 0.3) is 0 Å². The van der Waals surface area contributed by atoms with Gasteiger partial charge in [0, 0.05) is 32.1 Å². The van der Waals surface area contributed by atoms with E-state index < -0.39 is 4.92 Å². The number of aryl methyl sites for hydroxylation is 1. The lowest BCUT2D eigenvalue weighted by atomic mass is 10.2. The second kappa shape index (κ2) is 5.78. The third kappa shape index (κ3) is 3.38. The Morgan fingerprint density at radius 2 is 2.00 bits per heavy atom. The van der Waals surface area contributed by atoms with Crippen molar-refractivity contribution >= 4 is 44.2 Å². The first-order chi connectivity index (χ1) is 8.97. The van der Waals surface area contributed by atoms with Crippen molar-refractivity contribution in [3.8, 4) is 11.8 Å². The lowest BCUT2D eigenvalue weighted by Crippen LogP contribution is -1.98. The maximum absolute atomic E-state index is 11.0. The molecule has 0 spiro atoms. The van der Waals surface area contributed by atoms with Gasteiger partial charge in [-0.15, -0.1) is 0 Å². The number of ether oxygens (including phenoxy) is 1. The Morgan fingerprint density at radius 1 is 1.37 bits per heavy atom. The Balaban J connectivity index is 2.44. The van der Waals surface area contributed by atoms with Crippen LogP contribution in [0, 0.1) is 20.6 Å². The molecule has 1 heterocycles. The predicted molar refractivity (Wildman–Crippen MR) is 80.4 cm³/mol. The second-order valence-electron chi connectivity index (χ2n) is 3.61. The Labute approximate surface area is 130 Å². The van der Waals surface area contributed by atoms with Crippen LogP contribution in [0.5, 0.6) is 11.8 Å². The number of hydrogen-bond acceptors (Lipinski definition) is 5. The zero-order valence-electron chi connectivity index (χ0n) is 9.63. The van der Waals surface area contributed by atoms with Gasteiger partial charge in [-0.1, -0.05) is 15.9 Å². The van der Waals surface area contributed by atoms with Crippen molar-refractivity contribution in [1.29, 1.82) is 0 Å². The fourth-order valence-corrected chi connectivity index (χ4v) is 2.26. The molecular formula is C11H7BrIN3O3. The van der Waals surface area contributed by atoms with Gasteiger partial charge in [0.05, 0.1) is 4.92 Å². The molecule has 8 heteroatoms. The minimum atomic E-state index is -0.500. The third-order valence-corrected chi connectivity index (χ3v) is 3.22. The summed E-state index contributed by atoms with van der Waals surface area (Å²) in [5, 5.41) is 11.0. The van der Waals surface area contributed by atoms with Crippen molar-refractivity contribution in [3.63, 3.8) is 0 Å². The van der Waals surface area contributed by atoms with Crippen LogP contribution in [0.15, 0.2) is 29.0 Å². The van der Waals surface area contributed by atoms with Gasteiger partial charge in [0.2, 0.25) is 5.75 Å². The highest BCUT2D eigenvalue weighted by molar-refractivity contribution is 14.1. The monoisotopic (exact) mass is 435 g/mol. The Kier molecular flexibility index (Phi) is 4.30. The quantitative estimate of drug-likeness (QED) is 0.415. The van der Waals surface area contributed by atoms with Gasteiger partial charge in [-0.3, -0.25) is 10.1 Å². The van der Waals surface area contributed by atoms with Crippen molar-refractivity contribution in [3.05, 3.63) is 48.2 Å². The topological polar surface area (TPSA) is 78.2 Å². The van der Waals surface area contributed by atoms with Crippen LogP contribution >= 0.6 is 38.5 Å². The lowest BCUT2D eigenvalue weighted by Gasteiger charge is -2.08. The van der Waals surface area contributed by atoms with E-state index in [4.69, 9.17) is 4.74 Å². The van der Waals surface area contributed by atoms with Crippen molar-refractivity contribution in [1.82, 2.24) is 9.97 Å². The molecule has 0 fully saturated rings. The van der Waals surface area contributed by atoms with Crippen LogP contribution in [0.4, 0.5) is 5.69 Å². The Bertz CT molecular complexity index is 634. The minimum absolute atomic E-state index is 0.0777. The number of nitro groups is 1. The SMILES string of the molecule is Cc1cc(Br)cc([N+](=O)[O-])c1Oc1ncc(I)cn1. The molecule has 0 N–H and O–H groups in total.